The number of pyridine rings is 2. The molecule has 50 heavy (non-hydrogen) atoms. The number of aromatic nitrogens is 2. The SMILES string of the molecule is COC(=O)[C@@]12CN(C)C[C@@](C(=O)OC)([C@@H](c3ccccn3)N(C)[C@H]1c1ccccn1)C2(O)O.F[P-](F)(F)(F)(F)F.F[P-](F)(F)(F)(F)F.[Ni+2].[OH3+].[OH3+]. The molecule has 4 heterocycles. The number of hydrogen-bond donors (Lipinski definition) is 2. The van der Waals surface area contributed by atoms with Gasteiger partial charge in [0.1, 0.15) is 0 Å². The first kappa shape index (κ1) is 49.6. The number of piperidine rings is 2. The Balaban J connectivity index is 0. The van der Waals surface area contributed by atoms with Crippen LogP contribution in [0, 0.1) is 10.8 Å². The van der Waals surface area contributed by atoms with Crippen molar-refractivity contribution in [2.24, 2.45) is 10.8 Å². The van der Waals surface area contributed by atoms with Crippen LogP contribution in [0.1, 0.15) is 23.5 Å². The van der Waals surface area contributed by atoms with Gasteiger partial charge in [-0.25, -0.2) is 0 Å². The molecule has 2 fully saturated rings. The van der Waals surface area contributed by atoms with Crippen LogP contribution >= 0.6 is 15.6 Å². The van der Waals surface area contributed by atoms with Gasteiger partial charge in [0.15, 0.2) is 10.8 Å². The molecule has 2 aliphatic rings. The van der Waals surface area contributed by atoms with E-state index >= 15 is 0 Å². The normalized spacial score (nSPS) is 27.3. The molecule has 0 radical (unpaired) electrons. The predicted octanol–water partition coefficient (Wildman–Crippen LogP) is 5.07. The zero-order valence-corrected chi connectivity index (χ0v) is 28.7. The minimum absolute atomic E-state index is 0. The smallest absolute Gasteiger partial charge is 0.457 e. The maximum absolute atomic E-state index is 13.5. The van der Waals surface area contributed by atoms with Crippen molar-refractivity contribution in [3.8, 4) is 0 Å². The number of ether oxygens (including phenoxy) is 2. The van der Waals surface area contributed by atoms with Gasteiger partial charge < -0.3 is 35.5 Å². The summed E-state index contributed by atoms with van der Waals surface area (Å²) in [6, 6.07) is 8.44. The Labute approximate surface area is 284 Å². The van der Waals surface area contributed by atoms with Gasteiger partial charge in [0.2, 0.25) is 5.79 Å². The van der Waals surface area contributed by atoms with E-state index in [-0.39, 0.29) is 40.5 Å². The number of halogens is 12. The Bertz CT molecular complexity index is 1350. The van der Waals surface area contributed by atoms with E-state index in [1.54, 1.807) is 72.7 Å². The molecule has 12 nitrogen and oxygen atoms in total. The van der Waals surface area contributed by atoms with E-state index in [0.717, 1.165) is 0 Å². The van der Waals surface area contributed by atoms with Crippen LogP contribution in [0.25, 0.3) is 0 Å². The third-order valence-electron chi connectivity index (χ3n) is 7.07. The van der Waals surface area contributed by atoms with Gasteiger partial charge in [-0.05, 0) is 38.4 Å². The van der Waals surface area contributed by atoms with Gasteiger partial charge in [0.05, 0.1) is 37.7 Å². The molecule has 2 aromatic rings. The van der Waals surface area contributed by atoms with Crippen molar-refractivity contribution < 1.29 is 107 Å². The summed E-state index contributed by atoms with van der Waals surface area (Å²) in [6.45, 7) is -0.183. The molecule has 0 saturated carbocycles. The van der Waals surface area contributed by atoms with Gasteiger partial charge in [-0.3, -0.25) is 24.5 Å². The topological polar surface area (TPSA) is 191 Å². The first-order chi connectivity index (χ1) is 20.6. The zero-order chi connectivity index (χ0) is 36.8. The fourth-order valence-corrected chi connectivity index (χ4v) is 5.92. The molecule has 296 valence electrons. The van der Waals surface area contributed by atoms with Gasteiger partial charge in [-0.1, -0.05) is 12.1 Å². The maximum atomic E-state index is 13.5. The van der Waals surface area contributed by atoms with Crippen molar-refractivity contribution in [3.05, 3.63) is 60.2 Å². The minimum atomic E-state index is -10.7. The number of nitrogens with zero attached hydrogens (tertiary/aromatic N) is 4. The molecular formula is C23H34F12N4NiO8P2+2. The van der Waals surface area contributed by atoms with E-state index in [0.29, 0.717) is 11.4 Å². The Morgan fingerprint density at radius 3 is 1.20 bits per heavy atom. The number of hydrogen-bond acceptors (Lipinski definition) is 10. The van der Waals surface area contributed by atoms with E-state index < -0.39 is 56.3 Å². The van der Waals surface area contributed by atoms with Gasteiger partial charge in [0, 0.05) is 25.5 Å². The summed E-state index contributed by atoms with van der Waals surface area (Å²) >= 11 is 0. The third-order valence-corrected chi connectivity index (χ3v) is 7.07. The average Bonchev–Trinajstić information content (AvgIpc) is 2.87. The number of esters is 2. The van der Waals surface area contributed by atoms with E-state index in [4.69, 9.17) is 9.47 Å². The summed E-state index contributed by atoms with van der Waals surface area (Å²) in [5.41, 5.74) is -3.13. The van der Waals surface area contributed by atoms with Crippen LogP contribution in [0.5, 0.6) is 0 Å². The summed E-state index contributed by atoms with van der Waals surface area (Å²) in [4.78, 5) is 39.4. The van der Waals surface area contributed by atoms with Gasteiger partial charge >= 0.3 is 94.4 Å². The largest absolute Gasteiger partial charge is 2.00 e. The average molecular weight is 843 g/mol. The van der Waals surface area contributed by atoms with E-state index in [1.165, 1.54) is 14.2 Å². The van der Waals surface area contributed by atoms with Crippen molar-refractivity contribution in [3.63, 3.8) is 0 Å². The van der Waals surface area contributed by atoms with Gasteiger partial charge in [-0.15, -0.1) is 0 Å². The maximum Gasteiger partial charge on any atom is 2.00 e. The molecule has 0 aromatic carbocycles. The molecule has 0 unspecified atom stereocenters. The number of rotatable bonds is 4. The van der Waals surface area contributed by atoms with E-state index in [2.05, 4.69) is 9.97 Å². The molecule has 4 rings (SSSR count). The molecular weight excluding hydrogens is 809 g/mol. The number of carbonyl (C=O) groups is 2. The van der Waals surface area contributed by atoms with Crippen molar-refractivity contribution in [2.45, 2.75) is 17.9 Å². The fourth-order valence-electron chi connectivity index (χ4n) is 5.92. The van der Waals surface area contributed by atoms with Crippen molar-refractivity contribution in [2.75, 3.05) is 41.4 Å². The molecule has 0 spiro atoms. The molecule has 2 saturated heterocycles. The van der Waals surface area contributed by atoms with Crippen LogP contribution in [-0.2, 0) is 46.5 Å². The Kier molecular flexibility index (Phi) is 13.7. The third kappa shape index (κ3) is 12.3. The number of fused-ring (bicyclic) bond motifs is 2. The monoisotopic (exact) mass is 842 g/mol. The number of methoxy groups -OCH3 is 2. The molecule has 4 atom stereocenters. The molecule has 0 amide bonds. The molecule has 2 aromatic heterocycles. The van der Waals surface area contributed by atoms with Gasteiger partial charge in [0.25, 0.3) is 0 Å². The van der Waals surface area contributed by atoms with Crippen LogP contribution in [0.4, 0.5) is 50.4 Å². The van der Waals surface area contributed by atoms with Crippen molar-refractivity contribution in [1.29, 1.82) is 0 Å². The second kappa shape index (κ2) is 13.8. The number of carbonyl (C=O) groups excluding carboxylic acids is 2. The number of likely N-dealkylation sites (tertiary alicyclic amines) is 2. The fraction of sp³-hybridized carbons (Fsp3) is 0.478. The van der Waals surface area contributed by atoms with E-state index in [1.807, 2.05) is 0 Å². The molecule has 2 aliphatic heterocycles. The van der Waals surface area contributed by atoms with Crippen LogP contribution < -0.4 is 0 Å². The first-order valence-electron chi connectivity index (χ1n) is 12.6. The second-order valence-corrected chi connectivity index (χ2v) is 14.5. The summed E-state index contributed by atoms with van der Waals surface area (Å²) in [7, 11) is -15.5. The minimum Gasteiger partial charge on any atom is -0.457 e. The van der Waals surface area contributed by atoms with Crippen molar-refractivity contribution >= 4 is 27.6 Å². The first-order valence-corrected chi connectivity index (χ1v) is 16.6. The quantitative estimate of drug-likeness (QED) is 0.105. The Morgan fingerprint density at radius 1 is 0.700 bits per heavy atom. The van der Waals surface area contributed by atoms with E-state index in [9.17, 15) is 70.2 Å². The predicted molar refractivity (Wildman–Crippen MR) is 152 cm³/mol. The van der Waals surface area contributed by atoms with Crippen molar-refractivity contribution in [1.82, 2.24) is 19.8 Å². The van der Waals surface area contributed by atoms with Crippen LogP contribution in [0.15, 0.2) is 48.8 Å². The molecule has 2 bridgehead atoms. The Hall–Kier alpha value is -2.49. The summed E-state index contributed by atoms with van der Waals surface area (Å²) in [5.74, 6) is -4.60. The van der Waals surface area contributed by atoms with Crippen LogP contribution in [-0.4, -0.2) is 89.1 Å². The Morgan fingerprint density at radius 2 is 0.980 bits per heavy atom. The molecule has 0 aliphatic carbocycles. The van der Waals surface area contributed by atoms with Gasteiger partial charge in [-0.2, -0.15) is 0 Å². The standard InChI is InChI=1S/C23H28N4O6.2F6P.Ni.2H2O/c1-26-13-21(19(28)32-3)17(15-9-5-7-11-24-15)27(2)18(16-10-6-8-12-25-16)22(14-26,20(29)33-4)23(21,30)31;2*1-7(2,3,4,5)6;;;/h5-12,17-18,30-31H,13-14H2,1-4H3;;;;2*1H2/q;2*-1;+2;;/p+2/t17-,18+,21+,22-;;;;;. The van der Waals surface area contributed by atoms with Crippen LogP contribution in [0.3, 0.4) is 0 Å². The summed E-state index contributed by atoms with van der Waals surface area (Å²) in [6.07, 6.45) is 3.13. The summed E-state index contributed by atoms with van der Waals surface area (Å²) < 4.78 is 129. The number of aliphatic hydroxyl groups is 2. The zero-order valence-electron chi connectivity index (χ0n) is 25.9. The summed E-state index contributed by atoms with van der Waals surface area (Å²) in [5, 5.41) is 24.0. The van der Waals surface area contributed by atoms with Crippen LogP contribution in [0.2, 0.25) is 0 Å². The molecule has 27 heteroatoms. The molecule has 8 N–H and O–H groups in total. The second-order valence-electron chi connectivity index (χ2n) is 10.7.